The van der Waals surface area contributed by atoms with E-state index in [0.29, 0.717) is 6.42 Å². The third-order valence-electron chi connectivity index (χ3n) is 8.25. The summed E-state index contributed by atoms with van der Waals surface area (Å²) in [6.45, 7) is 0. The summed E-state index contributed by atoms with van der Waals surface area (Å²) >= 11 is 0. The maximum absolute atomic E-state index is 13.4. The minimum atomic E-state index is 0.238. The molecule has 2 aromatic carbocycles. The van der Waals surface area contributed by atoms with E-state index in [1.165, 1.54) is 71.9 Å². The van der Waals surface area contributed by atoms with Crippen LogP contribution < -0.4 is 0 Å². The van der Waals surface area contributed by atoms with E-state index in [0.717, 1.165) is 41.9 Å². The Morgan fingerprint density at radius 1 is 0.943 bits per heavy atom. The highest BCUT2D eigenvalue weighted by atomic mass is 16.1. The van der Waals surface area contributed by atoms with Crippen LogP contribution in [0.2, 0.25) is 0 Å². The van der Waals surface area contributed by atoms with E-state index < -0.39 is 0 Å². The number of carbonyl (C=O) groups excluding carboxylic acids is 1. The summed E-state index contributed by atoms with van der Waals surface area (Å²) in [7, 11) is 0. The zero-order valence-electron chi connectivity index (χ0n) is 20.6. The van der Waals surface area contributed by atoms with Gasteiger partial charge >= 0.3 is 0 Å². The van der Waals surface area contributed by atoms with E-state index in [2.05, 4.69) is 54.6 Å². The van der Waals surface area contributed by atoms with Gasteiger partial charge in [-0.2, -0.15) is 0 Å². The van der Waals surface area contributed by atoms with Crippen molar-refractivity contribution >= 4 is 17.4 Å². The molecule has 0 bridgehead atoms. The lowest BCUT2D eigenvalue weighted by molar-refractivity contribution is -0.114. The molecule has 0 heterocycles. The smallest absolute Gasteiger partial charge is 0.167 e. The van der Waals surface area contributed by atoms with Crippen LogP contribution in [0.1, 0.15) is 73.6 Å². The Labute approximate surface area is 209 Å². The molecule has 35 heavy (non-hydrogen) atoms. The van der Waals surface area contributed by atoms with Gasteiger partial charge in [0.25, 0.3) is 0 Å². The second-order valence-corrected chi connectivity index (χ2v) is 10.6. The van der Waals surface area contributed by atoms with Crippen molar-refractivity contribution in [1.82, 2.24) is 0 Å². The van der Waals surface area contributed by atoms with Crippen LogP contribution in [0.4, 0.5) is 0 Å². The largest absolute Gasteiger partial charge is 0.294 e. The highest BCUT2D eigenvalue weighted by Gasteiger charge is 2.25. The Kier molecular flexibility index (Phi) is 6.25. The van der Waals surface area contributed by atoms with Crippen molar-refractivity contribution in [2.24, 2.45) is 5.92 Å². The maximum Gasteiger partial charge on any atom is 0.167 e. The fourth-order valence-corrected chi connectivity index (χ4v) is 6.42. The van der Waals surface area contributed by atoms with Gasteiger partial charge in [-0.15, -0.1) is 0 Å². The van der Waals surface area contributed by atoms with Gasteiger partial charge in [0.1, 0.15) is 0 Å². The predicted molar refractivity (Wildman–Crippen MR) is 146 cm³/mol. The molecule has 1 nitrogen and oxygen atoms in total. The second-order valence-electron chi connectivity index (χ2n) is 10.6. The van der Waals surface area contributed by atoms with Crippen LogP contribution in [0.5, 0.6) is 0 Å². The highest BCUT2D eigenvalue weighted by molar-refractivity contribution is 6.08. The quantitative estimate of drug-likeness (QED) is 0.407. The number of Topliss-reactive ketones (excluding diaryl/α,β-unsaturated/α-hetero) is 1. The van der Waals surface area contributed by atoms with Gasteiger partial charge in [-0.1, -0.05) is 111 Å². The van der Waals surface area contributed by atoms with Gasteiger partial charge in [-0.3, -0.25) is 4.79 Å². The number of hydrogen-bond acceptors (Lipinski definition) is 1. The average molecular weight is 459 g/mol. The minimum Gasteiger partial charge on any atom is -0.294 e. The lowest BCUT2D eigenvalue weighted by Gasteiger charge is -2.21. The molecular weight excluding hydrogens is 424 g/mol. The fraction of sp³-hybridized carbons (Fsp3) is 0.324. The number of ketones is 1. The first kappa shape index (κ1) is 22.3. The molecule has 4 aliphatic carbocycles. The highest BCUT2D eigenvalue weighted by Crippen LogP contribution is 2.39. The van der Waals surface area contributed by atoms with Crippen LogP contribution in [-0.4, -0.2) is 5.78 Å². The number of benzene rings is 2. The predicted octanol–water partition coefficient (Wildman–Crippen LogP) is 8.38. The topological polar surface area (TPSA) is 17.1 Å². The van der Waals surface area contributed by atoms with E-state index >= 15 is 0 Å². The van der Waals surface area contributed by atoms with E-state index in [1.54, 1.807) is 0 Å². The lowest BCUT2D eigenvalue weighted by Crippen LogP contribution is -2.09. The summed E-state index contributed by atoms with van der Waals surface area (Å²) < 4.78 is 0. The lowest BCUT2D eigenvalue weighted by atomic mass is 9.84. The molecule has 1 heteroatoms. The van der Waals surface area contributed by atoms with Crippen molar-refractivity contribution in [3.63, 3.8) is 0 Å². The molecule has 0 atom stereocenters. The van der Waals surface area contributed by atoms with Crippen LogP contribution in [-0.2, 0) is 17.6 Å². The van der Waals surface area contributed by atoms with Crippen molar-refractivity contribution in [3.8, 4) is 0 Å². The van der Waals surface area contributed by atoms with E-state index in [-0.39, 0.29) is 5.78 Å². The second kappa shape index (κ2) is 9.82. The summed E-state index contributed by atoms with van der Waals surface area (Å²) in [5.41, 5.74) is 11.4. The van der Waals surface area contributed by atoms with E-state index in [9.17, 15) is 4.79 Å². The molecule has 176 valence electrons. The monoisotopic (exact) mass is 458 g/mol. The minimum absolute atomic E-state index is 0.238. The van der Waals surface area contributed by atoms with Crippen molar-refractivity contribution in [1.29, 1.82) is 0 Å². The molecule has 0 radical (unpaired) electrons. The fourth-order valence-electron chi connectivity index (χ4n) is 6.42. The Bertz CT molecular complexity index is 1290. The van der Waals surface area contributed by atoms with Crippen LogP contribution in [0.25, 0.3) is 11.6 Å². The van der Waals surface area contributed by atoms with Crippen molar-refractivity contribution in [2.45, 2.75) is 64.2 Å². The summed E-state index contributed by atoms with van der Waals surface area (Å²) in [6, 6.07) is 17.5. The van der Waals surface area contributed by atoms with Crippen LogP contribution in [0, 0.1) is 5.92 Å². The van der Waals surface area contributed by atoms with Crippen molar-refractivity contribution in [3.05, 3.63) is 117 Å². The van der Waals surface area contributed by atoms with Crippen LogP contribution in [0.15, 0.2) is 95.1 Å². The Morgan fingerprint density at radius 3 is 2.66 bits per heavy atom. The Balaban J connectivity index is 1.17. The SMILES string of the molecule is O=C(CC1=CCC=C1C1=Cc2cc(CC3CCCCC3)ccc2C1)C1=C(c2ccccc2)CC=C1. The first-order valence-corrected chi connectivity index (χ1v) is 13.5. The zero-order chi connectivity index (χ0) is 23.6. The summed E-state index contributed by atoms with van der Waals surface area (Å²) in [5.74, 6) is 1.10. The molecule has 0 amide bonds. The number of carbonyl (C=O) groups is 1. The van der Waals surface area contributed by atoms with Crippen molar-refractivity contribution in [2.75, 3.05) is 0 Å². The van der Waals surface area contributed by atoms with Crippen molar-refractivity contribution < 1.29 is 4.79 Å². The summed E-state index contributed by atoms with van der Waals surface area (Å²) in [6.07, 6.45) is 22.6. The van der Waals surface area contributed by atoms with Crippen LogP contribution >= 0.6 is 0 Å². The molecule has 4 aliphatic rings. The number of fused-ring (bicyclic) bond motifs is 1. The Morgan fingerprint density at radius 2 is 1.80 bits per heavy atom. The first-order valence-electron chi connectivity index (χ1n) is 13.5. The molecule has 2 aromatic rings. The number of hydrogen-bond donors (Lipinski definition) is 0. The summed E-state index contributed by atoms with van der Waals surface area (Å²) in [5, 5.41) is 0. The molecule has 6 rings (SSSR count). The standard InChI is InChI=1S/C34H34O/c35-34(33-16-8-15-32(33)26-11-5-2-6-12-26)23-28-13-7-14-31(28)30-21-27-18-17-25(20-29(27)22-30)19-24-9-3-1-4-10-24/h2,5-6,8,11-14,16-18,20,22,24H,1,3-4,7,9-10,15,19,21,23H2. The van der Waals surface area contributed by atoms with Gasteiger partial charge in [0.15, 0.2) is 5.78 Å². The van der Waals surface area contributed by atoms with Gasteiger partial charge in [-0.25, -0.2) is 0 Å². The van der Waals surface area contributed by atoms with E-state index in [4.69, 9.17) is 0 Å². The molecule has 0 spiro atoms. The van der Waals surface area contributed by atoms with E-state index in [1.807, 2.05) is 24.3 Å². The third-order valence-corrected chi connectivity index (χ3v) is 8.25. The number of allylic oxidation sites excluding steroid dienone is 9. The molecule has 1 saturated carbocycles. The molecule has 1 fully saturated rings. The zero-order valence-corrected chi connectivity index (χ0v) is 20.6. The third kappa shape index (κ3) is 4.69. The normalized spacial score (nSPS) is 19.6. The molecule has 0 unspecified atom stereocenters. The van der Waals surface area contributed by atoms with Gasteiger partial charge in [0, 0.05) is 12.0 Å². The Hall–Kier alpha value is -3.19. The average Bonchev–Trinajstić information content (AvgIpc) is 3.64. The van der Waals surface area contributed by atoms with Gasteiger partial charge in [0.2, 0.25) is 0 Å². The maximum atomic E-state index is 13.4. The van der Waals surface area contributed by atoms with Gasteiger partial charge < -0.3 is 0 Å². The molecule has 0 aliphatic heterocycles. The number of rotatable bonds is 7. The van der Waals surface area contributed by atoms with Crippen LogP contribution in [0.3, 0.4) is 0 Å². The molecule has 0 aromatic heterocycles. The van der Waals surface area contributed by atoms with Gasteiger partial charge in [0.05, 0.1) is 0 Å². The molecule has 0 N–H and O–H groups in total. The molecular formula is C34H34O. The van der Waals surface area contributed by atoms with Gasteiger partial charge in [-0.05, 0) is 76.1 Å². The summed E-state index contributed by atoms with van der Waals surface area (Å²) in [4.78, 5) is 13.4. The molecule has 0 saturated heterocycles. The first-order chi connectivity index (χ1) is 17.2.